The van der Waals surface area contributed by atoms with E-state index < -0.39 is 45.3 Å². The van der Waals surface area contributed by atoms with Gasteiger partial charge in [-0.2, -0.15) is 0 Å². The summed E-state index contributed by atoms with van der Waals surface area (Å²) < 4.78 is 0. The lowest BCUT2D eigenvalue weighted by Gasteiger charge is -2.54. The highest BCUT2D eigenvalue weighted by Gasteiger charge is 2.73. The van der Waals surface area contributed by atoms with E-state index in [9.17, 15) is 14.4 Å². The first-order chi connectivity index (χ1) is 19.8. The van der Waals surface area contributed by atoms with Gasteiger partial charge in [0.1, 0.15) is 15.8 Å². The van der Waals surface area contributed by atoms with Crippen LogP contribution in [0.3, 0.4) is 0 Å². The van der Waals surface area contributed by atoms with Crippen molar-refractivity contribution in [1.29, 1.82) is 0 Å². The van der Waals surface area contributed by atoms with Gasteiger partial charge in [-0.3, -0.25) is 19.3 Å². The molecule has 4 aliphatic rings. The van der Waals surface area contributed by atoms with Crippen LogP contribution in [0.15, 0.2) is 103 Å². The lowest BCUT2D eigenvalue weighted by atomic mass is 9.54. The normalized spacial score (nSPS) is 26.3. The molecule has 8 rings (SSSR count). The Bertz CT molecular complexity index is 1620. The lowest BCUT2D eigenvalue weighted by Crippen LogP contribution is -2.57. The summed E-state index contributed by atoms with van der Waals surface area (Å²) in [5, 5.41) is 2.97. The smallest absolute Gasteiger partial charge is 0.248 e. The van der Waals surface area contributed by atoms with Gasteiger partial charge in [0, 0.05) is 12.1 Å². The van der Waals surface area contributed by atoms with Crippen molar-refractivity contribution in [2.75, 3.05) is 5.32 Å². The van der Waals surface area contributed by atoms with Gasteiger partial charge in [0.2, 0.25) is 17.7 Å². The molecular weight excluding hydrogens is 555 g/mol. The van der Waals surface area contributed by atoms with E-state index in [1.54, 1.807) is 6.07 Å². The standard InChI is InChI=1S/C34H26Cl2N2O3/c1-20-11-5-10-18-26(20)37-30(39)27(19-21-12-3-2-4-13-21)38-31(40)28-29(32(38)41)34(36)23-15-7-6-14-22(23)33(28,35)24-16-8-9-17-25(24)34/h2-18,27-29H,19H2,1H3,(H,37,39)/t27-,28-,29+,33?,34?/m1/s1. The quantitative estimate of drug-likeness (QED) is 0.228. The third-order valence-electron chi connectivity index (χ3n) is 8.91. The first kappa shape index (κ1) is 26.0. The van der Waals surface area contributed by atoms with Crippen molar-refractivity contribution >= 4 is 46.6 Å². The molecule has 1 fully saturated rings. The van der Waals surface area contributed by atoms with E-state index in [1.165, 1.54) is 0 Å². The predicted octanol–water partition coefficient (Wildman–Crippen LogP) is 6.14. The molecule has 7 heteroatoms. The average Bonchev–Trinajstić information content (AvgIpc) is 3.27. The molecule has 0 spiro atoms. The van der Waals surface area contributed by atoms with E-state index in [0.717, 1.165) is 38.3 Å². The van der Waals surface area contributed by atoms with E-state index in [-0.39, 0.29) is 6.42 Å². The van der Waals surface area contributed by atoms with E-state index >= 15 is 0 Å². The number of rotatable bonds is 5. The molecule has 3 amide bonds. The zero-order chi connectivity index (χ0) is 28.5. The molecule has 0 unspecified atom stereocenters. The van der Waals surface area contributed by atoms with Gasteiger partial charge in [-0.05, 0) is 46.4 Å². The van der Waals surface area contributed by atoms with E-state index in [0.29, 0.717) is 5.69 Å². The zero-order valence-corrected chi connectivity index (χ0v) is 23.7. The van der Waals surface area contributed by atoms with Crippen LogP contribution < -0.4 is 5.32 Å². The summed E-state index contributed by atoms with van der Waals surface area (Å²) in [4.78, 5) is 41.6. The van der Waals surface area contributed by atoms with Crippen LogP contribution >= 0.6 is 23.2 Å². The van der Waals surface area contributed by atoms with Crippen LogP contribution in [0.1, 0.15) is 33.4 Å². The number of nitrogens with zero attached hydrogens (tertiary/aromatic N) is 1. The molecule has 2 bridgehead atoms. The van der Waals surface area contributed by atoms with Crippen LogP contribution in [-0.2, 0) is 30.6 Å². The fourth-order valence-corrected chi connectivity index (χ4v) is 8.16. The summed E-state index contributed by atoms with van der Waals surface area (Å²) >= 11 is 15.2. The van der Waals surface area contributed by atoms with Gasteiger partial charge in [0.15, 0.2) is 0 Å². The van der Waals surface area contributed by atoms with Gasteiger partial charge in [-0.25, -0.2) is 0 Å². The number of carbonyl (C=O) groups is 3. The van der Waals surface area contributed by atoms with Crippen molar-refractivity contribution in [1.82, 2.24) is 4.90 Å². The number of aryl methyl sites for hydroxylation is 1. The third-order valence-corrected chi connectivity index (χ3v) is 10.2. The van der Waals surface area contributed by atoms with Crippen LogP contribution in [0.25, 0.3) is 0 Å². The Morgan fingerprint density at radius 2 is 1.17 bits per heavy atom. The minimum absolute atomic E-state index is 0.153. The molecule has 4 aromatic rings. The number of anilines is 1. The molecule has 1 saturated heterocycles. The van der Waals surface area contributed by atoms with Crippen molar-refractivity contribution in [2.24, 2.45) is 11.8 Å². The van der Waals surface area contributed by atoms with Gasteiger partial charge in [0.05, 0.1) is 11.8 Å². The number of halogens is 2. The maximum Gasteiger partial charge on any atom is 0.248 e. The fraction of sp³-hybridized carbons (Fsp3) is 0.206. The number of hydrogen-bond acceptors (Lipinski definition) is 3. The van der Waals surface area contributed by atoms with Crippen LogP contribution in [0.2, 0.25) is 0 Å². The molecule has 1 aliphatic heterocycles. The summed E-state index contributed by atoms with van der Waals surface area (Å²) in [6, 6.07) is 30.7. The van der Waals surface area contributed by atoms with Gasteiger partial charge < -0.3 is 5.32 Å². The third kappa shape index (κ3) is 3.52. The molecular formula is C34H26Cl2N2O3. The second-order valence-electron chi connectivity index (χ2n) is 11.0. The van der Waals surface area contributed by atoms with Crippen LogP contribution in [0, 0.1) is 18.8 Å². The van der Waals surface area contributed by atoms with E-state index in [4.69, 9.17) is 23.2 Å². The number of amides is 3. The molecule has 41 heavy (non-hydrogen) atoms. The van der Waals surface area contributed by atoms with Gasteiger partial charge in [-0.15, -0.1) is 23.2 Å². The van der Waals surface area contributed by atoms with Gasteiger partial charge in [-0.1, -0.05) is 97.1 Å². The minimum Gasteiger partial charge on any atom is -0.324 e. The Labute approximate surface area is 248 Å². The van der Waals surface area contributed by atoms with Crippen molar-refractivity contribution in [2.45, 2.75) is 29.1 Å². The number of carbonyl (C=O) groups excluding carboxylic acids is 3. The molecule has 0 saturated carbocycles. The van der Waals surface area contributed by atoms with Crippen molar-refractivity contribution < 1.29 is 14.4 Å². The number of nitrogens with one attached hydrogen (secondary N) is 1. The van der Waals surface area contributed by atoms with Crippen LogP contribution in [0.5, 0.6) is 0 Å². The minimum atomic E-state index is -1.31. The second-order valence-corrected chi connectivity index (χ2v) is 12.2. The van der Waals surface area contributed by atoms with Crippen LogP contribution in [0.4, 0.5) is 5.69 Å². The second kappa shape index (κ2) is 9.30. The Hall–Kier alpha value is -3.93. The van der Waals surface area contributed by atoms with E-state index in [1.807, 2.05) is 104 Å². The number of likely N-dealkylation sites (tertiary alicyclic amines) is 1. The predicted molar refractivity (Wildman–Crippen MR) is 159 cm³/mol. The maximum absolute atomic E-state index is 14.5. The molecule has 1 N–H and O–H groups in total. The molecule has 0 aromatic heterocycles. The molecule has 5 nitrogen and oxygen atoms in total. The average molecular weight is 581 g/mol. The summed E-state index contributed by atoms with van der Waals surface area (Å²) in [6.07, 6.45) is 0.153. The number of alkyl halides is 2. The Kier molecular flexibility index (Phi) is 5.90. The summed E-state index contributed by atoms with van der Waals surface area (Å²) in [7, 11) is 0. The first-order valence-electron chi connectivity index (χ1n) is 13.6. The Morgan fingerprint density at radius 3 is 1.66 bits per heavy atom. The number of para-hydroxylation sites is 1. The Morgan fingerprint density at radius 1 is 0.732 bits per heavy atom. The van der Waals surface area contributed by atoms with E-state index in [2.05, 4.69) is 5.32 Å². The summed E-state index contributed by atoms with van der Waals surface area (Å²) in [6.45, 7) is 1.89. The summed E-state index contributed by atoms with van der Waals surface area (Å²) in [5.74, 6) is -3.35. The van der Waals surface area contributed by atoms with Crippen LogP contribution in [-0.4, -0.2) is 28.7 Å². The fourth-order valence-electron chi connectivity index (χ4n) is 7.06. The Balaban J connectivity index is 1.37. The number of benzene rings is 4. The number of hydrogen-bond donors (Lipinski definition) is 1. The SMILES string of the molecule is Cc1ccccc1NC(=O)[C@@H](Cc1ccccc1)N1C(=O)[C@@H]2[C@H](C1=O)C1(Cl)c3ccccc3C2(Cl)c2ccccc21. The zero-order valence-electron chi connectivity index (χ0n) is 22.2. The molecule has 1 heterocycles. The molecule has 204 valence electrons. The monoisotopic (exact) mass is 580 g/mol. The van der Waals surface area contributed by atoms with Gasteiger partial charge >= 0.3 is 0 Å². The number of imide groups is 1. The topological polar surface area (TPSA) is 66.5 Å². The molecule has 4 aromatic carbocycles. The highest BCUT2D eigenvalue weighted by Crippen LogP contribution is 2.69. The van der Waals surface area contributed by atoms with Gasteiger partial charge in [0.25, 0.3) is 0 Å². The lowest BCUT2D eigenvalue weighted by molar-refractivity contribution is -0.146. The molecule has 3 atom stereocenters. The summed E-state index contributed by atoms with van der Waals surface area (Å²) in [5.41, 5.74) is 5.22. The van der Waals surface area contributed by atoms with Crippen molar-refractivity contribution in [3.05, 3.63) is 137 Å². The maximum atomic E-state index is 14.5. The first-order valence-corrected chi connectivity index (χ1v) is 14.4. The molecule has 3 aliphatic carbocycles. The largest absolute Gasteiger partial charge is 0.324 e. The highest BCUT2D eigenvalue weighted by molar-refractivity contribution is 6.36. The highest BCUT2D eigenvalue weighted by atomic mass is 35.5. The molecule has 0 radical (unpaired) electrons. The van der Waals surface area contributed by atoms with Crippen molar-refractivity contribution in [3.63, 3.8) is 0 Å². The van der Waals surface area contributed by atoms with Crippen molar-refractivity contribution in [3.8, 4) is 0 Å².